The molecule has 0 fully saturated rings. The van der Waals surface area contributed by atoms with Crippen molar-refractivity contribution < 1.29 is 28.2 Å². The van der Waals surface area contributed by atoms with Crippen molar-refractivity contribution >= 4 is 45.7 Å². The highest BCUT2D eigenvalue weighted by Gasteiger charge is 2.72. The van der Waals surface area contributed by atoms with E-state index in [9.17, 15) is 9.59 Å². The molecule has 2 aromatic heterocycles. The third-order valence-corrected chi connectivity index (χ3v) is 12.3. The van der Waals surface area contributed by atoms with Crippen molar-refractivity contribution in [3.63, 3.8) is 0 Å². The minimum Gasteiger partial charge on any atom is -0.459 e. The fraction of sp³-hybridized carbons (Fsp3) is 0.0769. The Morgan fingerprint density at radius 1 is 0.533 bits per heavy atom. The van der Waals surface area contributed by atoms with Crippen LogP contribution in [0.25, 0.3) is 22.3 Å². The molecule has 8 heterocycles. The van der Waals surface area contributed by atoms with E-state index in [-0.39, 0.29) is 13.2 Å². The highest BCUT2D eigenvalue weighted by Crippen LogP contribution is 2.53. The minimum atomic E-state index is -0.889. The molecule has 286 valence electrons. The minimum absolute atomic E-state index is 0.0436. The topological polar surface area (TPSA) is 68.5 Å². The number of carbonyl (C=O) groups excluding carboxylic acids is 2. The van der Waals surface area contributed by atoms with Gasteiger partial charge in [-0.3, -0.25) is 0 Å². The molecule has 8 heteroatoms. The van der Waals surface area contributed by atoms with E-state index in [1.807, 2.05) is 24.3 Å². The van der Waals surface area contributed by atoms with Crippen LogP contribution in [-0.4, -0.2) is 54.9 Å². The molecule has 8 nitrogen and oxygen atoms in total. The number of allylic oxidation sites excluding steroid dienone is 4. The average Bonchev–Trinajstić information content (AvgIpc) is 4.12. The third-order valence-electron chi connectivity index (χ3n) is 12.3. The van der Waals surface area contributed by atoms with Gasteiger partial charge in [0.05, 0.1) is 49.9 Å². The summed E-state index contributed by atoms with van der Waals surface area (Å²) >= 11 is 0. The van der Waals surface area contributed by atoms with Gasteiger partial charge in [-0.15, -0.1) is 0 Å². The van der Waals surface area contributed by atoms with E-state index in [0.717, 1.165) is 83.9 Å². The van der Waals surface area contributed by atoms with E-state index in [4.69, 9.17) is 9.47 Å². The molecule has 1 atom stereocenters. The Hall–Kier alpha value is -7.84. The van der Waals surface area contributed by atoms with Crippen LogP contribution in [-0.2, 0) is 20.2 Å². The Morgan fingerprint density at radius 3 is 1.47 bits per heavy atom. The zero-order valence-corrected chi connectivity index (χ0v) is 32.6. The van der Waals surface area contributed by atoms with Crippen molar-refractivity contribution in [3.8, 4) is 0 Å². The SMILES string of the molecule is C=C(C)C(=O)OCCOC(=O)c1ccc(C2=C3C=CC4=[N+]3[C@]35n6c(ccc62)C(c2ccccc2)=C2C=CC(=[N+]23)C(c2ccccc2)=c2ccc(n25)=C4c2ccccc2)cc1. The largest absolute Gasteiger partial charge is 0.553 e. The highest BCUT2D eigenvalue weighted by molar-refractivity contribution is 6.29. The van der Waals surface area contributed by atoms with Gasteiger partial charge >= 0.3 is 17.8 Å². The smallest absolute Gasteiger partial charge is 0.459 e. The molecule has 0 bridgehead atoms. The van der Waals surface area contributed by atoms with E-state index in [1.54, 1.807) is 6.92 Å². The van der Waals surface area contributed by atoms with Crippen LogP contribution in [0.1, 0.15) is 50.9 Å². The number of hydrogen-bond acceptors (Lipinski definition) is 4. The lowest BCUT2D eigenvalue weighted by molar-refractivity contribution is -0.834. The summed E-state index contributed by atoms with van der Waals surface area (Å²) in [5, 5.41) is 2.28. The Labute approximate surface area is 345 Å². The van der Waals surface area contributed by atoms with Gasteiger partial charge in [0.2, 0.25) is 22.8 Å². The lowest BCUT2D eigenvalue weighted by Crippen LogP contribution is -2.71. The first-order valence-electron chi connectivity index (χ1n) is 20.1. The number of esters is 2. The molecular weight excluding hydrogens is 745 g/mol. The van der Waals surface area contributed by atoms with Gasteiger partial charge in [-0.1, -0.05) is 119 Å². The molecule has 60 heavy (non-hydrogen) atoms. The zero-order chi connectivity index (χ0) is 40.3. The van der Waals surface area contributed by atoms with Gasteiger partial charge in [0.1, 0.15) is 13.2 Å². The first kappa shape index (κ1) is 34.2. The molecule has 0 amide bonds. The standard InChI is InChI=1S/C52H36N4O4/c1-32(2)50(57)59-30-31-60-51(58)37-20-18-36(19-21-37)49-44-28-26-42-47(34-14-8-4-9-15-34)40-24-22-38-46(33-12-6-3-7-13-33)39-23-25-41-48(35-16-10-5-11-17-35)43-27-29-45(49)56(43)52(53(38)40,54(39)41)55(42)44/h3-29H,1,30-31H2,2H3/q+2/t52-/m1/s1. The number of benzene rings is 4. The van der Waals surface area contributed by atoms with Gasteiger partial charge in [0.25, 0.3) is 0 Å². The van der Waals surface area contributed by atoms with Gasteiger partial charge in [-0.25, -0.2) is 9.59 Å². The number of nitrogens with zero attached hydrogens (tertiary/aromatic N) is 4. The van der Waals surface area contributed by atoms with Gasteiger partial charge in [0, 0.05) is 29.9 Å². The molecule has 0 radical (unpaired) electrons. The van der Waals surface area contributed by atoms with Crippen molar-refractivity contribution in [1.29, 1.82) is 0 Å². The van der Waals surface area contributed by atoms with Crippen LogP contribution in [0.2, 0.25) is 0 Å². The molecule has 6 aliphatic heterocycles. The maximum Gasteiger partial charge on any atom is 0.553 e. The van der Waals surface area contributed by atoms with Crippen LogP contribution in [0.4, 0.5) is 0 Å². The molecule has 0 saturated heterocycles. The molecule has 6 aliphatic rings. The van der Waals surface area contributed by atoms with E-state index in [2.05, 4.69) is 164 Å². The molecule has 0 saturated carbocycles. The summed E-state index contributed by atoms with van der Waals surface area (Å²) in [7, 11) is 0. The predicted molar refractivity (Wildman–Crippen MR) is 229 cm³/mol. The fourth-order valence-corrected chi connectivity index (χ4v) is 9.97. The Balaban J connectivity index is 1.13. The van der Waals surface area contributed by atoms with Crippen LogP contribution in [0.5, 0.6) is 0 Å². The average molecular weight is 781 g/mol. The predicted octanol–water partition coefficient (Wildman–Crippen LogP) is 6.70. The van der Waals surface area contributed by atoms with Crippen LogP contribution in [0.15, 0.2) is 187 Å². The molecule has 0 aliphatic carbocycles. The van der Waals surface area contributed by atoms with Crippen LogP contribution < -0.4 is 10.7 Å². The molecule has 0 unspecified atom stereocenters. The number of rotatable bonds is 9. The number of aromatic nitrogens is 2. The zero-order valence-electron chi connectivity index (χ0n) is 32.6. The summed E-state index contributed by atoms with van der Waals surface area (Å²) < 4.78 is 20.8. The monoisotopic (exact) mass is 780 g/mol. The third kappa shape index (κ3) is 4.44. The lowest BCUT2D eigenvalue weighted by Gasteiger charge is -2.41. The van der Waals surface area contributed by atoms with E-state index in [1.165, 1.54) is 5.57 Å². The first-order chi connectivity index (χ1) is 29.5. The first-order valence-corrected chi connectivity index (χ1v) is 20.1. The van der Waals surface area contributed by atoms with Crippen molar-refractivity contribution in [2.75, 3.05) is 13.2 Å². The quantitative estimate of drug-likeness (QED) is 0.0710. The molecule has 0 N–H and O–H groups in total. The van der Waals surface area contributed by atoms with Crippen LogP contribution in [0.3, 0.4) is 0 Å². The summed E-state index contributed by atoms with van der Waals surface area (Å²) in [4.78, 5) is 25.0. The van der Waals surface area contributed by atoms with Gasteiger partial charge in [-0.05, 0) is 65.6 Å². The second kappa shape index (κ2) is 12.6. The fourth-order valence-electron chi connectivity index (χ4n) is 9.97. The summed E-state index contributed by atoms with van der Waals surface area (Å²) in [6.07, 6.45) is 9.14. The van der Waals surface area contributed by atoms with Crippen molar-refractivity contribution in [1.82, 2.24) is 9.13 Å². The summed E-state index contributed by atoms with van der Waals surface area (Å²) in [5.74, 6) is -1.89. The maximum absolute atomic E-state index is 13.2. The number of ether oxygens (including phenoxy) is 2. The second-order valence-electron chi connectivity index (χ2n) is 15.6. The Morgan fingerprint density at radius 2 is 0.983 bits per heavy atom. The molecule has 4 aromatic carbocycles. The van der Waals surface area contributed by atoms with Crippen molar-refractivity contribution in [2.24, 2.45) is 0 Å². The molecule has 12 rings (SSSR count). The van der Waals surface area contributed by atoms with Crippen molar-refractivity contribution in [3.05, 3.63) is 237 Å². The Bertz CT molecular complexity index is 3280. The molecule has 6 aromatic rings. The molecular formula is C52H36N4O4+2. The van der Waals surface area contributed by atoms with E-state index >= 15 is 0 Å². The van der Waals surface area contributed by atoms with E-state index in [0.29, 0.717) is 11.1 Å². The van der Waals surface area contributed by atoms with Gasteiger partial charge in [0.15, 0.2) is 0 Å². The number of hydrogen-bond donors (Lipinski definition) is 0. The number of carbonyl (C=O) groups is 2. The summed E-state index contributed by atoms with van der Waals surface area (Å²) in [6, 6.07) is 48.9. The van der Waals surface area contributed by atoms with Crippen LogP contribution >= 0.6 is 0 Å². The second-order valence-corrected chi connectivity index (χ2v) is 15.6. The van der Waals surface area contributed by atoms with Crippen LogP contribution in [0, 0.1) is 0 Å². The lowest BCUT2D eigenvalue weighted by atomic mass is 9.92. The normalized spacial score (nSPS) is 18.4. The Kier molecular flexibility index (Phi) is 7.17. The van der Waals surface area contributed by atoms with Gasteiger partial charge in [-0.2, -0.15) is 9.13 Å². The maximum atomic E-state index is 13.2. The van der Waals surface area contributed by atoms with Crippen molar-refractivity contribution in [2.45, 2.75) is 12.8 Å². The van der Waals surface area contributed by atoms with E-state index < -0.39 is 17.8 Å². The van der Waals surface area contributed by atoms with Gasteiger partial charge < -0.3 is 9.47 Å². The summed E-state index contributed by atoms with van der Waals surface area (Å²) in [5.41, 5.74) is 16.3. The highest BCUT2D eigenvalue weighted by atomic mass is 16.6. The summed E-state index contributed by atoms with van der Waals surface area (Å²) in [6.45, 7) is 5.08. The molecule has 1 spiro atoms.